The van der Waals surface area contributed by atoms with E-state index in [-0.39, 0.29) is 0 Å². The zero-order chi connectivity index (χ0) is 13.0. The first-order valence-electron chi connectivity index (χ1n) is 6.01. The highest BCUT2D eigenvalue weighted by atomic mass is 32.2. The lowest BCUT2D eigenvalue weighted by Crippen LogP contribution is -2.21. The molecule has 1 heterocycles. The van der Waals surface area contributed by atoms with Gasteiger partial charge in [-0.2, -0.15) is 0 Å². The van der Waals surface area contributed by atoms with Crippen molar-refractivity contribution >= 4 is 23.1 Å². The molecule has 2 aromatic rings. The summed E-state index contributed by atoms with van der Waals surface area (Å²) in [5.41, 5.74) is 2.27. The van der Waals surface area contributed by atoms with Gasteiger partial charge < -0.3 is 5.32 Å². The van der Waals surface area contributed by atoms with E-state index < -0.39 is 0 Å². The van der Waals surface area contributed by atoms with Crippen LogP contribution in [-0.4, -0.2) is 17.3 Å². The Morgan fingerprint density at radius 1 is 1.28 bits per heavy atom. The highest BCUT2D eigenvalue weighted by Crippen LogP contribution is 2.24. The van der Waals surface area contributed by atoms with Gasteiger partial charge >= 0.3 is 0 Å². The zero-order valence-electron chi connectivity index (χ0n) is 10.9. The Balaban J connectivity index is 2.08. The molecule has 0 saturated carbocycles. The standard InChI is InChI=1S/C14H18N2S2/c1-10(2)15-8-14-16-13(9-18-14)11-4-6-12(17-3)7-5-11/h4-7,9-10,15H,8H2,1-3H3. The van der Waals surface area contributed by atoms with Gasteiger partial charge in [-0.05, 0) is 18.4 Å². The van der Waals surface area contributed by atoms with E-state index in [1.54, 1.807) is 23.1 Å². The van der Waals surface area contributed by atoms with Crippen LogP contribution in [0.4, 0.5) is 0 Å². The second kappa shape index (κ2) is 6.36. The van der Waals surface area contributed by atoms with Crippen LogP contribution in [0.15, 0.2) is 34.5 Å². The molecule has 0 bridgehead atoms. The summed E-state index contributed by atoms with van der Waals surface area (Å²) in [6, 6.07) is 9.07. The Morgan fingerprint density at radius 2 is 2.00 bits per heavy atom. The Kier molecular flexibility index (Phi) is 4.80. The molecule has 1 aromatic carbocycles. The monoisotopic (exact) mass is 278 g/mol. The number of rotatable bonds is 5. The number of nitrogens with zero attached hydrogens (tertiary/aromatic N) is 1. The van der Waals surface area contributed by atoms with Crippen LogP contribution in [0.2, 0.25) is 0 Å². The van der Waals surface area contributed by atoms with E-state index in [2.05, 4.69) is 60.0 Å². The minimum Gasteiger partial charge on any atom is -0.308 e. The third-order valence-electron chi connectivity index (χ3n) is 2.60. The molecule has 0 amide bonds. The molecule has 0 saturated heterocycles. The molecule has 0 radical (unpaired) electrons. The molecule has 96 valence electrons. The Morgan fingerprint density at radius 3 is 2.61 bits per heavy atom. The Hall–Kier alpha value is -0.840. The van der Waals surface area contributed by atoms with Crippen LogP contribution in [0.3, 0.4) is 0 Å². The summed E-state index contributed by atoms with van der Waals surface area (Å²) in [6.45, 7) is 5.15. The Bertz CT molecular complexity index is 489. The van der Waals surface area contributed by atoms with Crippen molar-refractivity contribution in [1.82, 2.24) is 10.3 Å². The van der Waals surface area contributed by atoms with Crippen molar-refractivity contribution in [3.8, 4) is 11.3 Å². The number of hydrogen-bond donors (Lipinski definition) is 1. The van der Waals surface area contributed by atoms with Gasteiger partial charge in [0.25, 0.3) is 0 Å². The maximum atomic E-state index is 4.66. The van der Waals surface area contributed by atoms with Crippen LogP contribution in [0, 0.1) is 0 Å². The number of aromatic nitrogens is 1. The lowest BCUT2D eigenvalue weighted by atomic mass is 10.2. The SMILES string of the molecule is CSc1ccc(-c2csc(CNC(C)C)n2)cc1. The van der Waals surface area contributed by atoms with Gasteiger partial charge in [0.1, 0.15) is 5.01 Å². The van der Waals surface area contributed by atoms with E-state index in [0.29, 0.717) is 6.04 Å². The van der Waals surface area contributed by atoms with Crippen molar-refractivity contribution in [2.75, 3.05) is 6.26 Å². The van der Waals surface area contributed by atoms with Crippen molar-refractivity contribution in [1.29, 1.82) is 0 Å². The Labute approximate surface area is 117 Å². The molecule has 18 heavy (non-hydrogen) atoms. The van der Waals surface area contributed by atoms with E-state index in [1.165, 1.54) is 10.5 Å². The third-order valence-corrected chi connectivity index (χ3v) is 4.19. The average molecular weight is 278 g/mol. The summed E-state index contributed by atoms with van der Waals surface area (Å²) in [5.74, 6) is 0. The van der Waals surface area contributed by atoms with Crippen molar-refractivity contribution in [3.05, 3.63) is 34.7 Å². The molecule has 0 unspecified atom stereocenters. The maximum Gasteiger partial charge on any atom is 0.107 e. The minimum absolute atomic E-state index is 0.498. The summed E-state index contributed by atoms with van der Waals surface area (Å²) < 4.78 is 0. The fourth-order valence-corrected chi connectivity index (χ4v) is 2.74. The number of thiazole rings is 1. The molecule has 0 aliphatic carbocycles. The topological polar surface area (TPSA) is 24.9 Å². The summed E-state index contributed by atoms with van der Waals surface area (Å²) in [7, 11) is 0. The van der Waals surface area contributed by atoms with Crippen LogP contribution < -0.4 is 5.32 Å². The quantitative estimate of drug-likeness (QED) is 0.836. The smallest absolute Gasteiger partial charge is 0.107 e. The predicted octanol–water partition coefficient (Wildman–Crippen LogP) is 4.03. The lowest BCUT2D eigenvalue weighted by molar-refractivity contribution is 0.587. The highest BCUT2D eigenvalue weighted by Gasteiger charge is 2.05. The first-order chi connectivity index (χ1) is 8.69. The van der Waals surface area contributed by atoms with Gasteiger partial charge in [-0.15, -0.1) is 23.1 Å². The first kappa shape index (κ1) is 13.6. The fraction of sp³-hybridized carbons (Fsp3) is 0.357. The summed E-state index contributed by atoms with van der Waals surface area (Å²) in [4.78, 5) is 5.94. The van der Waals surface area contributed by atoms with Crippen molar-refractivity contribution in [2.24, 2.45) is 0 Å². The molecule has 0 aliphatic rings. The number of nitrogens with one attached hydrogen (secondary N) is 1. The maximum absolute atomic E-state index is 4.66. The van der Waals surface area contributed by atoms with E-state index >= 15 is 0 Å². The van der Waals surface area contributed by atoms with Crippen LogP contribution in [0.1, 0.15) is 18.9 Å². The second-order valence-electron chi connectivity index (χ2n) is 4.39. The lowest BCUT2D eigenvalue weighted by Gasteiger charge is -2.04. The van der Waals surface area contributed by atoms with E-state index in [9.17, 15) is 0 Å². The molecule has 0 aliphatic heterocycles. The van der Waals surface area contributed by atoms with E-state index in [1.807, 2.05) is 0 Å². The first-order valence-corrected chi connectivity index (χ1v) is 8.11. The molecule has 4 heteroatoms. The molecule has 2 nitrogen and oxygen atoms in total. The van der Waals surface area contributed by atoms with E-state index in [4.69, 9.17) is 0 Å². The number of thioether (sulfide) groups is 1. The fourth-order valence-electron chi connectivity index (χ4n) is 1.58. The van der Waals surface area contributed by atoms with Gasteiger partial charge in [-0.3, -0.25) is 0 Å². The van der Waals surface area contributed by atoms with Gasteiger partial charge in [0.05, 0.1) is 5.69 Å². The summed E-state index contributed by atoms with van der Waals surface area (Å²) in [5, 5.41) is 6.67. The van der Waals surface area contributed by atoms with Gasteiger partial charge in [-0.1, -0.05) is 26.0 Å². The number of benzene rings is 1. The molecule has 0 spiro atoms. The van der Waals surface area contributed by atoms with Crippen LogP contribution >= 0.6 is 23.1 Å². The molecule has 1 N–H and O–H groups in total. The van der Waals surface area contributed by atoms with Gasteiger partial charge in [0.15, 0.2) is 0 Å². The van der Waals surface area contributed by atoms with Gasteiger partial charge in [-0.25, -0.2) is 4.98 Å². The molecule has 2 rings (SSSR count). The second-order valence-corrected chi connectivity index (χ2v) is 6.21. The number of hydrogen-bond acceptors (Lipinski definition) is 4. The van der Waals surface area contributed by atoms with Crippen LogP contribution in [0.25, 0.3) is 11.3 Å². The molecular formula is C14H18N2S2. The molecule has 0 fully saturated rings. The van der Waals surface area contributed by atoms with Crippen LogP contribution in [0.5, 0.6) is 0 Å². The van der Waals surface area contributed by atoms with Crippen molar-refractivity contribution < 1.29 is 0 Å². The van der Waals surface area contributed by atoms with Gasteiger partial charge in [0, 0.05) is 28.4 Å². The molecular weight excluding hydrogens is 260 g/mol. The molecule has 1 aromatic heterocycles. The van der Waals surface area contributed by atoms with Crippen molar-refractivity contribution in [2.45, 2.75) is 31.3 Å². The van der Waals surface area contributed by atoms with E-state index in [0.717, 1.165) is 17.2 Å². The summed E-state index contributed by atoms with van der Waals surface area (Å²) in [6.07, 6.45) is 2.09. The minimum atomic E-state index is 0.498. The predicted molar refractivity (Wildman–Crippen MR) is 81.3 cm³/mol. The zero-order valence-corrected chi connectivity index (χ0v) is 12.6. The normalized spacial score (nSPS) is 11.1. The van der Waals surface area contributed by atoms with Gasteiger partial charge in [0.2, 0.25) is 0 Å². The molecule has 0 atom stereocenters. The highest BCUT2D eigenvalue weighted by molar-refractivity contribution is 7.98. The van der Waals surface area contributed by atoms with Crippen LogP contribution in [-0.2, 0) is 6.54 Å². The third kappa shape index (κ3) is 3.57. The van der Waals surface area contributed by atoms with Crippen molar-refractivity contribution in [3.63, 3.8) is 0 Å². The largest absolute Gasteiger partial charge is 0.308 e. The summed E-state index contributed by atoms with van der Waals surface area (Å²) >= 11 is 3.48. The average Bonchev–Trinajstić information content (AvgIpc) is 2.85.